The van der Waals surface area contributed by atoms with Gasteiger partial charge in [-0.1, -0.05) is 6.07 Å². The molecule has 3 aromatic rings. The van der Waals surface area contributed by atoms with Gasteiger partial charge in [-0.3, -0.25) is 5.10 Å². The lowest BCUT2D eigenvalue weighted by molar-refractivity contribution is 0.208. The van der Waals surface area contributed by atoms with E-state index in [0.717, 1.165) is 40.8 Å². The Bertz CT molecular complexity index is 904. The van der Waals surface area contributed by atoms with Crippen LogP contribution in [0.5, 0.6) is 5.75 Å². The third-order valence-electron chi connectivity index (χ3n) is 4.30. The van der Waals surface area contributed by atoms with Crippen LogP contribution in [0.2, 0.25) is 0 Å². The SMILES string of the molecule is Cc1n[nH]c2ccc(OC3CCc4cc(C#N)ccc43)cc12. The number of H-pyrrole nitrogens is 1. The van der Waals surface area contributed by atoms with Crippen molar-refractivity contribution < 1.29 is 4.74 Å². The molecule has 0 saturated carbocycles. The molecule has 1 heterocycles. The monoisotopic (exact) mass is 289 g/mol. The van der Waals surface area contributed by atoms with E-state index in [1.54, 1.807) is 0 Å². The van der Waals surface area contributed by atoms with E-state index in [-0.39, 0.29) is 6.10 Å². The summed E-state index contributed by atoms with van der Waals surface area (Å²) in [6.07, 6.45) is 1.97. The van der Waals surface area contributed by atoms with Crippen molar-refractivity contribution in [2.24, 2.45) is 0 Å². The Balaban J connectivity index is 1.64. The maximum Gasteiger partial charge on any atom is 0.124 e. The van der Waals surface area contributed by atoms with Crippen molar-refractivity contribution in [2.75, 3.05) is 0 Å². The van der Waals surface area contributed by atoms with Crippen molar-refractivity contribution >= 4 is 10.9 Å². The molecule has 0 saturated heterocycles. The lowest BCUT2D eigenvalue weighted by atomic mass is 10.1. The number of hydrogen-bond donors (Lipinski definition) is 1. The van der Waals surface area contributed by atoms with Crippen LogP contribution in [0.25, 0.3) is 10.9 Å². The molecule has 0 radical (unpaired) electrons. The molecule has 2 aromatic carbocycles. The summed E-state index contributed by atoms with van der Waals surface area (Å²) < 4.78 is 6.18. The van der Waals surface area contributed by atoms with Gasteiger partial charge in [0.2, 0.25) is 0 Å². The third kappa shape index (κ3) is 2.03. The van der Waals surface area contributed by atoms with Gasteiger partial charge in [0, 0.05) is 5.39 Å². The number of nitrogens with one attached hydrogen (secondary N) is 1. The first kappa shape index (κ1) is 12.9. The molecule has 4 heteroatoms. The average molecular weight is 289 g/mol. The minimum Gasteiger partial charge on any atom is -0.486 e. The minimum absolute atomic E-state index is 0.0624. The molecule has 0 aliphatic heterocycles. The van der Waals surface area contributed by atoms with Crippen molar-refractivity contribution in [2.45, 2.75) is 25.9 Å². The third-order valence-corrected chi connectivity index (χ3v) is 4.30. The van der Waals surface area contributed by atoms with Crippen LogP contribution in [0.15, 0.2) is 36.4 Å². The number of hydrogen-bond acceptors (Lipinski definition) is 3. The van der Waals surface area contributed by atoms with Crippen LogP contribution in [0.3, 0.4) is 0 Å². The summed E-state index contributed by atoms with van der Waals surface area (Å²) in [5, 5.41) is 17.3. The molecule has 0 fully saturated rings. The molecule has 1 aliphatic carbocycles. The molecule has 0 spiro atoms. The zero-order chi connectivity index (χ0) is 15.1. The maximum atomic E-state index is 8.99. The standard InChI is InChI=1S/C18H15N3O/c1-11-16-9-14(4-6-17(16)21-20-11)22-18-7-3-13-8-12(10-19)2-5-15(13)18/h2,4-6,8-9,18H,3,7H2,1H3,(H,20,21). The Morgan fingerprint density at radius 3 is 3.05 bits per heavy atom. The van der Waals surface area contributed by atoms with E-state index < -0.39 is 0 Å². The number of fused-ring (bicyclic) bond motifs is 2. The van der Waals surface area contributed by atoms with Crippen LogP contribution >= 0.6 is 0 Å². The van der Waals surface area contributed by atoms with Crippen molar-refractivity contribution in [1.82, 2.24) is 10.2 Å². The van der Waals surface area contributed by atoms with Gasteiger partial charge in [0.1, 0.15) is 11.9 Å². The predicted octanol–water partition coefficient (Wildman–Crippen LogP) is 3.81. The Morgan fingerprint density at radius 2 is 2.18 bits per heavy atom. The molecule has 22 heavy (non-hydrogen) atoms. The first-order valence-corrected chi connectivity index (χ1v) is 7.39. The Morgan fingerprint density at radius 1 is 1.27 bits per heavy atom. The smallest absolute Gasteiger partial charge is 0.124 e. The minimum atomic E-state index is 0.0624. The number of ether oxygens (including phenoxy) is 1. The Hall–Kier alpha value is -2.80. The van der Waals surface area contributed by atoms with Crippen LogP contribution < -0.4 is 4.74 Å². The summed E-state index contributed by atoms with van der Waals surface area (Å²) in [6.45, 7) is 1.98. The quantitative estimate of drug-likeness (QED) is 0.780. The van der Waals surface area contributed by atoms with E-state index in [9.17, 15) is 0 Å². The molecule has 4 nitrogen and oxygen atoms in total. The highest BCUT2D eigenvalue weighted by Gasteiger charge is 2.24. The molecule has 1 unspecified atom stereocenters. The van der Waals surface area contributed by atoms with E-state index in [1.165, 1.54) is 11.1 Å². The molecular weight excluding hydrogens is 274 g/mol. The second kappa shape index (κ2) is 4.88. The Labute approximate surface area is 128 Å². The van der Waals surface area contributed by atoms with Gasteiger partial charge in [0.05, 0.1) is 22.8 Å². The van der Waals surface area contributed by atoms with E-state index in [0.29, 0.717) is 0 Å². The zero-order valence-corrected chi connectivity index (χ0v) is 12.3. The number of benzene rings is 2. The molecular formula is C18H15N3O. The summed E-state index contributed by atoms with van der Waals surface area (Å²) in [5.41, 5.74) is 5.14. The van der Waals surface area contributed by atoms with Gasteiger partial charge in [-0.15, -0.1) is 0 Å². The molecule has 1 aromatic heterocycles. The molecule has 0 amide bonds. The van der Waals surface area contributed by atoms with Gasteiger partial charge >= 0.3 is 0 Å². The van der Waals surface area contributed by atoms with E-state index in [2.05, 4.69) is 16.3 Å². The second-order valence-electron chi connectivity index (χ2n) is 5.69. The molecule has 0 bridgehead atoms. The van der Waals surface area contributed by atoms with Crippen LogP contribution in [0, 0.1) is 18.3 Å². The van der Waals surface area contributed by atoms with Crippen LogP contribution in [-0.2, 0) is 6.42 Å². The predicted molar refractivity (Wildman–Crippen MR) is 83.7 cm³/mol. The van der Waals surface area contributed by atoms with Gasteiger partial charge in [0.15, 0.2) is 0 Å². The fraction of sp³-hybridized carbons (Fsp3) is 0.222. The van der Waals surface area contributed by atoms with E-state index >= 15 is 0 Å². The van der Waals surface area contributed by atoms with E-state index in [1.807, 2.05) is 43.3 Å². The van der Waals surface area contributed by atoms with Crippen molar-refractivity contribution in [3.8, 4) is 11.8 Å². The fourth-order valence-electron chi connectivity index (χ4n) is 3.13. The lowest BCUT2D eigenvalue weighted by Crippen LogP contribution is -2.03. The van der Waals surface area contributed by atoms with E-state index in [4.69, 9.17) is 10.00 Å². The first-order chi connectivity index (χ1) is 10.7. The molecule has 1 atom stereocenters. The van der Waals surface area contributed by atoms with Gasteiger partial charge in [-0.05, 0) is 61.2 Å². The number of nitriles is 1. The highest BCUT2D eigenvalue weighted by molar-refractivity contribution is 5.82. The largest absolute Gasteiger partial charge is 0.486 e. The summed E-state index contributed by atoms with van der Waals surface area (Å²) >= 11 is 0. The molecule has 108 valence electrons. The highest BCUT2D eigenvalue weighted by Crippen LogP contribution is 2.36. The number of nitrogens with zero attached hydrogens (tertiary/aromatic N) is 2. The van der Waals surface area contributed by atoms with Crippen LogP contribution in [0.1, 0.15) is 34.9 Å². The maximum absolute atomic E-state index is 8.99. The summed E-state index contributed by atoms with van der Waals surface area (Å²) in [7, 11) is 0. The van der Waals surface area contributed by atoms with Crippen molar-refractivity contribution in [1.29, 1.82) is 5.26 Å². The number of aryl methyl sites for hydroxylation is 2. The molecule has 1 aliphatic rings. The lowest BCUT2D eigenvalue weighted by Gasteiger charge is -2.15. The van der Waals surface area contributed by atoms with Gasteiger partial charge in [-0.25, -0.2) is 0 Å². The fourth-order valence-corrected chi connectivity index (χ4v) is 3.13. The zero-order valence-electron chi connectivity index (χ0n) is 12.3. The second-order valence-corrected chi connectivity index (χ2v) is 5.69. The Kier molecular flexibility index (Phi) is 2.87. The normalized spacial score (nSPS) is 16.5. The number of aromatic nitrogens is 2. The molecule has 4 rings (SSSR count). The first-order valence-electron chi connectivity index (χ1n) is 7.39. The average Bonchev–Trinajstić information content (AvgIpc) is 3.11. The van der Waals surface area contributed by atoms with Crippen molar-refractivity contribution in [3.63, 3.8) is 0 Å². The van der Waals surface area contributed by atoms with Crippen LogP contribution in [-0.4, -0.2) is 10.2 Å². The number of rotatable bonds is 2. The van der Waals surface area contributed by atoms with Gasteiger partial charge < -0.3 is 4.74 Å². The van der Waals surface area contributed by atoms with Gasteiger partial charge in [-0.2, -0.15) is 10.4 Å². The highest BCUT2D eigenvalue weighted by atomic mass is 16.5. The summed E-state index contributed by atoms with van der Waals surface area (Å²) in [6, 6.07) is 14.1. The topological polar surface area (TPSA) is 61.7 Å². The summed E-state index contributed by atoms with van der Waals surface area (Å²) in [5.74, 6) is 0.860. The summed E-state index contributed by atoms with van der Waals surface area (Å²) in [4.78, 5) is 0. The van der Waals surface area contributed by atoms with Crippen molar-refractivity contribution in [3.05, 3.63) is 58.8 Å². The van der Waals surface area contributed by atoms with Gasteiger partial charge in [0.25, 0.3) is 0 Å². The number of aromatic amines is 1. The van der Waals surface area contributed by atoms with Crippen LogP contribution in [0.4, 0.5) is 0 Å². The molecule has 1 N–H and O–H groups in total.